The molecule has 2 rings (SSSR count). The maximum absolute atomic E-state index is 12.2. The zero-order valence-corrected chi connectivity index (χ0v) is 21.3. The third-order valence-corrected chi connectivity index (χ3v) is 5.09. The first kappa shape index (κ1) is 30.5. The van der Waals surface area contributed by atoms with Gasteiger partial charge in [-0.2, -0.15) is 9.98 Å². The van der Waals surface area contributed by atoms with Crippen molar-refractivity contribution in [3.63, 3.8) is 0 Å². The molecule has 0 fully saturated rings. The van der Waals surface area contributed by atoms with E-state index < -0.39 is 30.1 Å². The number of aliphatic imine (C=N–C) groups is 2. The van der Waals surface area contributed by atoms with Crippen molar-refractivity contribution in [2.45, 2.75) is 38.9 Å². The van der Waals surface area contributed by atoms with Crippen LogP contribution in [-0.2, 0) is 38.1 Å². The first-order chi connectivity index (χ1) is 18.7. The molecule has 0 bridgehead atoms. The van der Waals surface area contributed by atoms with Crippen molar-refractivity contribution in [1.82, 2.24) is 0 Å². The summed E-state index contributed by atoms with van der Waals surface area (Å²) in [6.45, 7) is 3.02. The summed E-state index contributed by atoms with van der Waals surface area (Å²) in [6.07, 6.45) is 1.13. The highest BCUT2D eigenvalue weighted by Gasteiger charge is 2.21. The largest absolute Gasteiger partial charge is 0.461 e. The standard InChI is InChI=1S/C27H26N2O10/c1-18(38-26(34)20-5-9-22(10-6-20)28-16-30)24(32)4-3-13-36-14-15-37-25(33)19(2)39-27(35)21-7-11-23(12-8-21)29-17-31/h5-12,18-19H,3-4,13-15H2,1-2H3. The van der Waals surface area contributed by atoms with Gasteiger partial charge in [0.1, 0.15) is 6.61 Å². The molecule has 2 atom stereocenters. The number of hydrogen-bond donors (Lipinski definition) is 0. The molecule has 0 saturated heterocycles. The fraction of sp³-hybridized carbons (Fsp3) is 0.333. The Balaban J connectivity index is 1.59. The number of benzene rings is 2. The molecule has 0 amide bonds. The molecule has 0 spiro atoms. The number of ether oxygens (including phenoxy) is 4. The van der Waals surface area contributed by atoms with Gasteiger partial charge in [0.2, 0.25) is 12.2 Å². The second-order valence-corrected chi connectivity index (χ2v) is 7.94. The minimum atomic E-state index is -1.16. The summed E-state index contributed by atoms with van der Waals surface area (Å²) in [5, 5.41) is 0. The van der Waals surface area contributed by atoms with E-state index in [4.69, 9.17) is 18.9 Å². The van der Waals surface area contributed by atoms with Gasteiger partial charge in [0.05, 0.1) is 29.1 Å². The first-order valence-corrected chi connectivity index (χ1v) is 11.8. The number of ketones is 1. The second kappa shape index (κ2) is 16.2. The molecule has 0 aliphatic carbocycles. The van der Waals surface area contributed by atoms with Crippen LogP contribution in [0.4, 0.5) is 11.4 Å². The third kappa shape index (κ3) is 10.6. The highest BCUT2D eigenvalue weighted by atomic mass is 16.6. The smallest absolute Gasteiger partial charge is 0.347 e. The summed E-state index contributed by atoms with van der Waals surface area (Å²) in [5.41, 5.74) is 1.04. The van der Waals surface area contributed by atoms with Crippen molar-refractivity contribution in [3.05, 3.63) is 59.7 Å². The van der Waals surface area contributed by atoms with Gasteiger partial charge >= 0.3 is 17.9 Å². The van der Waals surface area contributed by atoms with E-state index in [1.165, 1.54) is 74.5 Å². The maximum Gasteiger partial charge on any atom is 0.347 e. The Labute approximate surface area is 223 Å². The lowest BCUT2D eigenvalue weighted by atomic mass is 10.1. The number of rotatable bonds is 15. The number of carbonyl (C=O) groups is 4. The SMILES string of the molecule is CC(OC(=O)c1ccc(N=C=O)cc1)C(=O)CCCOCCOC(=O)C(C)OC(=O)c1ccc(N=C=O)cc1. The number of esters is 3. The molecule has 0 heterocycles. The lowest BCUT2D eigenvalue weighted by Crippen LogP contribution is -2.27. The predicted molar refractivity (Wildman–Crippen MR) is 134 cm³/mol. The van der Waals surface area contributed by atoms with Gasteiger partial charge in [-0.3, -0.25) is 4.79 Å². The van der Waals surface area contributed by atoms with Gasteiger partial charge in [0, 0.05) is 13.0 Å². The molecule has 0 aliphatic heterocycles. The Morgan fingerprint density at radius 1 is 0.718 bits per heavy atom. The third-order valence-electron chi connectivity index (χ3n) is 5.09. The van der Waals surface area contributed by atoms with Crippen LogP contribution in [0.1, 0.15) is 47.4 Å². The number of nitrogens with zero attached hydrogens (tertiary/aromatic N) is 2. The Kier molecular flexibility index (Phi) is 12.6. The molecular weight excluding hydrogens is 512 g/mol. The van der Waals surface area contributed by atoms with Crippen LogP contribution >= 0.6 is 0 Å². The molecule has 0 saturated carbocycles. The number of carbonyl (C=O) groups excluding carboxylic acids is 6. The van der Waals surface area contributed by atoms with Crippen LogP contribution < -0.4 is 0 Å². The molecule has 2 unspecified atom stereocenters. The summed E-state index contributed by atoms with van der Waals surface area (Å²) in [4.78, 5) is 75.8. The fourth-order valence-corrected chi connectivity index (χ4v) is 2.99. The second-order valence-electron chi connectivity index (χ2n) is 7.94. The molecule has 12 nitrogen and oxygen atoms in total. The van der Waals surface area contributed by atoms with E-state index in [1.54, 1.807) is 0 Å². The van der Waals surface area contributed by atoms with Gasteiger partial charge in [-0.25, -0.2) is 24.0 Å². The van der Waals surface area contributed by atoms with Gasteiger partial charge in [-0.15, -0.1) is 0 Å². The molecule has 0 aliphatic rings. The van der Waals surface area contributed by atoms with E-state index in [1.807, 2.05) is 0 Å². The molecular formula is C27H26N2O10. The normalized spacial score (nSPS) is 11.6. The Morgan fingerprint density at radius 2 is 1.21 bits per heavy atom. The quantitative estimate of drug-likeness (QED) is 0.108. The van der Waals surface area contributed by atoms with Gasteiger partial charge < -0.3 is 18.9 Å². The molecule has 204 valence electrons. The van der Waals surface area contributed by atoms with Crippen LogP contribution in [0.2, 0.25) is 0 Å². The zero-order chi connectivity index (χ0) is 28.6. The first-order valence-electron chi connectivity index (χ1n) is 11.8. The Hall–Kier alpha value is -4.76. The molecule has 0 radical (unpaired) electrons. The summed E-state index contributed by atoms with van der Waals surface area (Å²) in [6, 6.07) is 11.4. The summed E-state index contributed by atoms with van der Waals surface area (Å²) in [7, 11) is 0. The summed E-state index contributed by atoms with van der Waals surface area (Å²) < 4.78 is 20.6. The van der Waals surface area contributed by atoms with E-state index in [9.17, 15) is 28.8 Å². The van der Waals surface area contributed by atoms with Crippen molar-refractivity contribution in [2.75, 3.05) is 19.8 Å². The minimum absolute atomic E-state index is 0.0635. The van der Waals surface area contributed by atoms with E-state index in [2.05, 4.69) is 9.98 Å². The van der Waals surface area contributed by atoms with Crippen molar-refractivity contribution in [1.29, 1.82) is 0 Å². The lowest BCUT2D eigenvalue weighted by molar-refractivity contribution is -0.154. The molecule has 2 aromatic carbocycles. The van der Waals surface area contributed by atoms with Gasteiger partial charge in [0.25, 0.3) is 0 Å². The number of Topliss-reactive ketones (excluding diaryl/α,β-unsaturated/α-hetero) is 1. The average Bonchev–Trinajstić information content (AvgIpc) is 2.93. The highest BCUT2D eigenvalue weighted by molar-refractivity contribution is 5.93. The summed E-state index contributed by atoms with van der Waals surface area (Å²) >= 11 is 0. The van der Waals surface area contributed by atoms with Crippen LogP contribution in [0.15, 0.2) is 58.5 Å². The highest BCUT2D eigenvalue weighted by Crippen LogP contribution is 2.15. The van der Waals surface area contributed by atoms with Gasteiger partial charge in [0.15, 0.2) is 18.0 Å². The van der Waals surface area contributed by atoms with E-state index >= 15 is 0 Å². The van der Waals surface area contributed by atoms with Gasteiger partial charge in [-0.1, -0.05) is 0 Å². The Bertz CT molecular complexity index is 1150. The number of isocyanates is 2. The van der Waals surface area contributed by atoms with Crippen molar-refractivity contribution in [2.24, 2.45) is 9.98 Å². The summed E-state index contributed by atoms with van der Waals surface area (Å²) in [5.74, 6) is -2.48. The van der Waals surface area contributed by atoms with E-state index in [0.29, 0.717) is 17.8 Å². The lowest BCUT2D eigenvalue weighted by Gasteiger charge is -2.13. The molecule has 0 aromatic heterocycles. The van der Waals surface area contributed by atoms with Crippen molar-refractivity contribution < 1.29 is 47.7 Å². The van der Waals surface area contributed by atoms with Crippen molar-refractivity contribution >= 4 is 47.2 Å². The molecule has 39 heavy (non-hydrogen) atoms. The fourth-order valence-electron chi connectivity index (χ4n) is 2.99. The maximum atomic E-state index is 12.2. The topological polar surface area (TPSA) is 164 Å². The van der Waals surface area contributed by atoms with Crippen LogP contribution in [0, 0.1) is 0 Å². The predicted octanol–water partition coefficient (Wildman–Crippen LogP) is 3.32. The van der Waals surface area contributed by atoms with Crippen LogP contribution in [-0.4, -0.2) is 67.9 Å². The molecule has 12 heteroatoms. The zero-order valence-electron chi connectivity index (χ0n) is 21.3. The van der Waals surface area contributed by atoms with Crippen LogP contribution in [0.3, 0.4) is 0 Å². The molecule has 0 N–H and O–H groups in total. The van der Waals surface area contributed by atoms with Crippen molar-refractivity contribution in [3.8, 4) is 0 Å². The monoisotopic (exact) mass is 538 g/mol. The minimum Gasteiger partial charge on any atom is -0.461 e. The van der Waals surface area contributed by atoms with Gasteiger partial charge in [-0.05, 0) is 68.8 Å². The van der Waals surface area contributed by atoms with Crippen LogP contribution in [0.25, 0.3) is 0 Å². The Morgan fingerprint density at radius 3 is 1.69 bits per heavy atom. The molecule has 2 aromatic rings. The van der Waals surface area contributed by atoms with E-state index in [0.717, 1.165) is 0 Å². The number of hydrogen-bond acceptors (Lipinski definition) is 12. The average molecular weight is 539 g/mol. The van der Waals surface area contributed by atoms with Crippen LogP contribution in [0.5, 0.6) is 0 Å². The van der Waals surface area contributed by atoms with E-state index in [-0.39, 0.29) is 43.2 Å².